The van der Waals surface area contributed by atoms with E-state index in [4.69, 9.17) is 11.6 Å². The topological polar surface area (TPSA) is 41.6 Å². The van der Waals surface area contributed by atoms with E-state index in [-0.39, 0.29) is 0 Å². The molecule has 3 aromatic rings. The first kappa shape index (κ1) is 10.3. The van der Waals surface area contributed by atoms with Gasteiger partial charge in [0.2, 0.25) is 0 Å². The number of H-pyrrole nitrogens is 1. The third-order valence-corrected chi connectivity index (χ3v) is 2.79. The molecule has 0 bridgehead atoms. The highest BCUT2D eigenvalue weighted by molar-refractivity contribution is 6.29. The second kappa shape index (κ2) is 4.18. The number of halogens is 1. The van der Waals surface area contributed by atoms with Crippen LogP contribution in [0.4, 0.5) is 0 Å². The zero-order chi connectivity index (χ0) is 11.7. The SMILES string of the molecule is Clc1ccc2[nH]c(Cc3ccccc3)nc2n1. The average molecular weight is 244 g/mol. The van der Waals surface area contributed by atoms with Gasteiger partial charge in [-0.15, -0.1) is 0 Å². The Morgan fingerprint density at radius 3 is 2.65 bits per heavy atom. The van der Waals surface area contributed by atoms with Crippen LogP contribution in [0.15, 0.2) is 42.5 Å². The summed E-state index contributed by atoms with van der Waals surface area (Å²) in [4.78, 5) is 11.8. The molecule has 0 aliphatic carbocycles. The van der Waals surface area contributed by atoms with Crippen LogP contribution in [0.2, 0.25) is 5.15 Å². The van der Waals surface area contributed by atoms with Gasteiger partial charge in [-0.25, -0.2) is 9.97 Å². The van der Waals surface area contributed by atoms with Gasteiger partial charge in [0.1, 0.15) is 11.0 Å². The van der Waals surface area contributed by atoms with E-state index in [0.717, 1.165) is 17.8 Å². The Labute approximate surface area is 103 Å². The molecule has 2 aromatic heterocycles. The predicted octanol–water partition coefficient (Wildman–Crippen LogP) is 3.20. The lowest BCUT2D eigenvalue weighted by Crippen LogP contribution is -1.89. The van der Waals surface area contributed by atoms with Crippen LogP contribution >= 0.6 is 11.6 Å². The Morgan fingerprint density at radius 1 is 1.00 bits per heavy atom. The second-order valence-electron chi connectivity index (χ2n) is 3.85. The minimum absolute atomic E-state index is 0.468. The molecule has 3 rings (SSSR count). The quantitative estimate of drug-likeness (QED) is 0.703. The van der Waals surface area contributed by atoms with Gasteiger partial charge in [-0.2, -0.15) is 0 Å². The van der Waals surface area contributed by atoms with Crippen LogP contribution in [0.3, 0.4) is 0 Å². The van der Waals surface area contributed by atoms with E-state index in [0.29, 0.717) is 10.8 Å². The summed E-state index contributed by atoms with van der Waals surface area (Å²) in [5, 5.41) is 0.468. The summed E-state index contributed by atoms with van der Waals surface area (Å²) in [5.41, 5.74) is 2.81. The molecule has 3 nitrogen and oxygen atoms in total. The number of hydrogen-bond donors (Lipinski definition) is 1. The maximum atomic E-state index is 5.82. The summed E-state index contributed by atoms with van der Waals surface area (Å²) >= 11 is 5.82. The van der Waals surface area contributed by atoms with Crippen molar-refractivity contribution in [3.63, 3.8) is 0 Å². The van der Waals surface area contributed by atoms with Crippen LogP contribution in [0.5, 0.6) is 0 Å². The molecule has 0 atom stereocenters. The fourth-order valence-corrected chi connectivity index (χ4v) is 1.94. The first-order valence-corrected chi connectivity index (χ1v) is 5.74. The van der Waals surface area contributed by atoms with Crippen molar-refractivity contribution in [2.24, 2.45) is 0 Å². The molecule has 4 heteroatoms. The number of fused-ring (bicyclic) bond motifs is 1. The summed E-state index contributed by atoms with van der Waals surface area (Å²) in [5.74, 6) is 0.904. The average Bonchev–Trinajstić information content (AvgIpc) is 2.71. The molecule has 0 aliphatic rings. The Kier molecular flexibility index (Phi) is 2.53. The van der Waals surface area contributed by atoms with Crippen molar-refractivity contribution in [1.82, 2.24) is 15.0 Å². The van der Waals surface area contributed by atoms with Crippen molar-refractivity contribution in [2.75, 3.05) is 0 Å². The zero-order valence-electron chi connectivity index (χ0n) is 9.02. The van der Waals surface area contributed by atoms with Gasteiger partial charge in [0.05, 0.1) is 5.52 Å². The predicted molar refractivity (Wildman–Crippen MR) is 68.1 cm³/mol. The third-order valence-electron chi connectivity index (χ3n) is 2.58. The van der Waals surface area contributed by atoms with Crippen molar-refractivity contribution in [2.45, 2.75) is 6.42 Å². The number of hydrogen-bond acceptors (Lipinski definition) is 2. The van der Waals surface area contributed by atoms with Gasteiger partial charge in [-0.3, -0.25) is 0 Å². The number of aromatic amines is 1. The number of nitrogens with zero attached hydrogens (tertiary/aromatic N) is 2. The summed E-state index contributed by atoms with van der Waals surface area (Å²) < 4.78 is 0. The molecule has 1 aromatic carbocycles. The van der Waals surface area contributed by atoms with Crippen LogP contribution in [-0.4, -0.2) is 15.0 Å². The lowest BCUT2D eigenvalue weighted by molar-refractivity contribution is 1.03. The lowest BCUT2D eigenvalue weighted by atomic mass is 10.1. The van der Waals surface area contributed by atoms with E-state index in [9.17, 15) is 0 Å². The van der Waals surface area contributed by atoms with Crippen LogP contribution in [0.25, 0.3) is 11.2 Å². The number of pyridine rings is 1. The van der Waals surface area contributed by atoms with Gasteiger partial charge in [-0.1, -0.05) is 41.9 Å². The Hall–Kier alpha value is -1.87. The summed E-state index contributed by atoms with van der Waals surface area (Å²) in [6, 6.07) is 13.9. The lowest BCUT2D eigenvalue weighted by Gasteiger charge is -1.95. The van der Waals surface area contributed by atoms with Crippen LogP contribution in [0.1, 0.15) is 11.4 Å². The highest BCUT2D eigenvalue weighted by Gasteiger charge is 2.04. The Balaban J connectivity index is 1.96. The molecule has 0 radical (unpaired) electrons. The standard InChI is InChI=1S/C13H10ClN3/c14-11-7-6-10-13(16-11)17-12(15-10)8-9-4-2-1-3-5-9/h1-7H,8H2,(H,15,16,17). The molecule has 0 unspecified atom stereocenters. The van der Waals surface area contributed by atoms with Gasteiger partial charge in [-0.05, 0) is 17.7 Å². The number of benzene rings is 1. The largest absolute Gasteiger partial charge is 0.340 e. The van der Waals surface area contributed by atoms with Crippen molar-refractivity contribution < 1.29 is 0 Å². The first-order chi connectivity index (χ1) is 8.31. The third kappa shape index (κ3) is 2.15. The summed E-state index contributed by atoms with van der Waals surface area (Å²) in [6.45, 7) is 0. The highest BCUT2D eigenvalue weighted by atomic mass is 35.5. The molecule has 0 aliphatic heterocycles. The molecule has 17 heavy (non-hydrogen) atoms. The van der Waals surface area contributed by atoms with Gasteiger partial charge in [0.15, 0.2) is 5.65 Å². The number of rotatable bonds is 2. The number of imidazole rings is 1. The minimum atomic E-state index is 0.468. The highest BCUT2D eigenvalue weighted by Crippen LogP contribution is 2.14. The number of nitrogens with one attached hydrogen (secondary N) is 1. The normalized spacial score (nSPS) is 10.9. The molecule has 0 amide bonds. The van der Waals surface area contributed by atoms with Gasteiger partial charge in [0, 0.05) is 6.42 Å². The smallest absolute Gasteiger partial charge is 0.179 e. The maximum absolute atomic E-state index is 5.82. The van der Waals surface area contributed by atoms with Crippen molar-refractivity contribution in [3.8, 4) is 0 Å². The molecular formula is C13H10ClN3. The van der Waals surface area contributed by atoms with E-state index in [1.165, 1.54) is 5.56 Å². The molecule has 0 spiro atoms. The van der Waals surface area contributed by atoms with Crippen LogP contribution < -0.4 is 0 Å². The number of aromatic nitrogens is 3. The zero-order valence-corrected chi connectivity index (χ0v) is 9.78. The fraction of sp³-hybridized carbons (Fsp3) is 0.0769. The molecule has 0 saturated heterocycles. The van der Waals surface area contributed by atoms with Crippen molar-refractivity contribution in [1.29, 1.82) is 0 Å². The molecule has 1 N–H and O–H groups in total. The molecule has 84 valence electrons. The van der Waals surface area contributed by atoms with Gasteiger partial charge >= 0.3 is 0 Å². The van der Waals surface area contributed by atoms with E-state index in [1.54, 1.807) is 6.07 Å². The van der Waals surface area contributed by atoms with E-state index >= 15 is 0 Å². The minimum Gasteiger partial charge on any atom is -0.340 e. The van der Waals surface area contributed by atoms with Gasteiger partial charge < -0.3 is 4.98 Å². The monoisotopic (exact) mass is 243 g/mol. The molecule has 2 heterocycles. The van der Waals surface area contributed by atoms with E-state index in [1.807, 2.05) is 24.3 Å². The summed E-state index contributed by atoms with van der Waals surface area (Å²) in [7, 11) is 0. The molecule has 0 fully saturated rings. The van der Waals surface area contributed by atoms with Gasteiger partial charge in [0.25, 0.3) is 0 Å². The summed E-state index contributed by atoms with van der Waals surface area (Å²) in [6.07, 6.45) is 0.773. The van der Waals surface area contributed by atoms with Crippen molar-refractivity contribution in [3.05, 3.63) is 59.0 Å². The first-order valence-electron chi connectivity index (χ1n) is 5.36. The van der Waals surface area contributed by atoms with Crippen LogP contribution in [0, 0.1) is 0 Å². The van der Waals surface area contributed by atoms with E-state index in [2.05, 4.69) is 27.1 Å². The molecular weight excluding hydrogens is 234 g/mol. The van der Waals surface area contributed by atoms with E-state index < -0.39 is 0 Å². The fourth-order valence-electron chi connectivity index (χ4n) is 1.79. The van der Waals surface area contributed by atoms with Crippen molar-refractivity contribution >= 4 is 22.8 Å². The second-order valence-corrected chi connectivity index (χ2v) is 4.24. The Morgan fingerprint density at radius 2 is 1.82 bits per heavy atom. The Bertz CT molecular complexity index is 646. The molecule has 0 saturated carbocycles. The van der Waals surface area contributed by atoms with Crippen LogP contribution in [-0.2, 0) is 6.42 Å². The maximum Gasteiger partial charge on any atom is 0.179 e.